The van der Waals surface area contributed by atoms with Crippen molar-refractivity contribution in [2.45, 2.75) is 38.9 Å². The molecule has 5 rings (SSSR count). The number of benzene rings is 3. The number of piperidine rings is 1. The van der Waals surface area contributed by atoms with E-state index in [0.717, 1.165) is 42.9 Å². The molecule has 0 atom stereocenters. The molecule has 0 aromatic heterocycles. The lowest BCUT2D eigenvalue weighted by molar-refractivity contribution is 0.0951. The first-order valence-corrected chi connectivity index (χ1v) is 12.2. The van der Waals surface area contributed by atoms with Crippen LogP contribution in [0.25, 0.3) is 0 Å². The predicted octanol–water partition coefficient (Wildman–Crippen LogP) is 4.69. The lowest BCUT2D eigenvalue weighted by atomic mass is 10.0. The van der Waals surface area contributed by atoms with Gasteiger partial charge in [0.25, 0.3) is 5.91 Å². The molecule has 1 amide bonds. The Morgan fingerprint density at radius 2 is 1.72 bits per heavy atom. The predicted molar refractivity (Wildman–Crippen MR) is 133 cm³/mol. The first kappa shape index (κ1) is 24.1. The Morgan fingerprint density at radius 3 is 2.50 bits per heavy atom. The Balaban J connectivity index is 1.10. The van der Waals surface area contributed by atoms with Gasteiger partial charge in [-0.2, -0.15) is 0 Å². The quantitative estimate of drug-likeness (QED) is 0.500. The fraction of sp³-hybridized carbons (Fsp3) is 0.321. The summed E-state index contributed by atoms with van der Waals surface area (Å²) in [6.07, 6.45) is 1.74. The van der Waals surface area contributed by atoms with E-state index in [-0.39, 0.29) is 30.9 Å². The smallest absolute Gasteiger partial charge is 0.251 e. The maximum absolute atomic E-state index is 14.2. The van der Waals surface area contributed by atoms with Gasteiger partial charge in [0, 0.05) is 49.0 Å². The van der Waals surface area contributed by atoms with Gasteiger partial charge in [0.15, 0.2) is 11.5 Å². The second kappa shape index (κ2) is 10.5. The van der Waals surface area contributed by atoms with Gasteiger partial charge in [0.2, 0.25) is 6.79 Å². The van der Waals surface area contributed by atoms with Crippen LogP contribution in [-0.4, -0.2) is 31.8 Å². The van der Waals surface area contributed by atoms with Crippen molar-refractivity contribution in [2.75, 3.05) is 24.8 Å². The van der Waals surface area contributed by atoms with E-state index < -0.39 is 11.6 Å². The van der Waals surface area contributed by atoms with Gasteiger partial charge in [-0.1, -0.05) is 12.1 Å². The van der Waals surface area contributed by atoms with Crippen LogP contribution in [0, 0.1) is 18.6 Å². The van der Waals surface area contributed by atoms with E-state index in [1.807, 2.05) is 42.5 Å². The molecule has 0 aliphatic carbocycles. The summed E-state index contributed by atoms with van der Waals surface area (Å²) in [7, 11) is 0. The molecule has 1 fully saturated rings. The summed E-state index contributed by atoms with van der Waals surface area (Å²) in [5.74, 6) is 0.287. The average Bonchev–Trinajstić information content (AvgIpc) is 3.38. The first-order chi connectivity index (χ1) is 17.5. The van der Waals surface area contributed by atoms with E-state index in [4.69, 9.17) is 9.47 Å². The Kier molecular flexibility index (Phi) is 7.04. The van der Waals surface area contributed by atoms with Gasteiger partial charge in [0.1, 0.15) is 11.6 Å². The fourth-order valence-electron chi connectivity index (χ4n) is 4.62. The van der Waals surface area contributed by atoms with Crippen molar-refractivity contribution in [3.8, 4) is 11.5 Å². The highest BCUT2D eigenvalue weighted by Gasteiger charge is 2.21. The number of rotatable bonds is 7. The molecule has 2 heterocycles. The molecule has 0 bridgehead atoms. The number of nitrogens with zero attached hydrogens (tertiary/aromatic N) is 1. The Hall–Kier alpha value is -3.65. The molecule has 188 valence electrons. The Bertz CT molecular complexity index is 1240. The highest BCUT2D eigenvalue weighted by molar-refractivity contribution is 5.94. The van der Waals surface area contributed by atoms with Gasteiger partial charge >= 0.3 is 0 Å². The summed E-state index contributed by atoms with van der Waals surface area (Å²) in [5.41, 5.74) is 3.14. The summed E-state index contributed by atoms with van der Waals surface area (Å²) in [5, 5.41) is 6.25. The molecular formula is C28H29F2N3O3. The molecule has 0 spiro atoms. The van der Waals surface area contributed by atoms with Gasteiger partial charge in [-0.3, -0.25) is 4.79 Å². The van der Waals surface area contributed by atoms with Crippen molar-refractivity contribution >= 4 is 11.6 Å². The van der Waals surface area contributed by atoms with E-state index in [0.29, 0.717) is 23.4 Å². The van der Waals surface area contributed by atoms with Crippen LogP contribution in [0.5, 0.6) is 11.5 Å². The van der Waals surface area contributed by atoms with Crippen molar-refractivity contribution < 1.29 is 23.0 Å². The number of aryl methyl sites for hydroxylation is 1. The first-order valence-electron chi connectivity index (χ1n) is 12.2. The fourth-order valence-corrected chi connectivity index (χ4v) is 4.62. The van der Waals surface area contributed by atoms with Gasteiger partial charge < -0.3 is 25.0 Å². The minimum absolute atomic E-state index is 0.102. The molecule has 0 unspecified atom stereocenters. The monoisotopic (exact) mass is 493 g/mol. The number of hydrogen-bond donors (Lipinski definition) is 2. The third-order valence-electron chi connectivity index (χ3n) is 6.83. The molecule has 2 aliphatic heterocycles. The highest BCUT2D eigenvalue weighted by atomic mass is 19.1. The number of fused-ring (bicyclic) bond motifs is 1. The van der Waals surface area contributed by atoms with Crippen LogP contribution >= 0.6 is 0 Å². The van der Waals surface area contributed by atoms with Crippen LogP contribution in [0.15, 0.2) is 54.6 Å². The molecule has 0 saturated carbocycles. The van der Waals surface area contributed by atoms with E-state index in [9.17, 15) is 13.6 Å². The number of carbonyl (C=O) groups excluding carboxylic acids is 1. The summed E-state index contributed by atoms with van der Waals surface area (Å²) in [6.45, 7) is 4.09. The van der Waals surface area contributed by atoms with Gasteiger partial charge in [-0.15, -0.1) is 0 Å². The molecule has 6 nitrogen and oxygen atoms in total. The molecule has 1 saturated heterocycles. The van der Waals surface area contributed by atoms with E-state index in [1.165, 1.54) is 12.1 Å². The third kappa shape index (κ3) is 5.28. The minimum atomic E-state index is -0.511. The number of halogens is 2. The Labute approximate surface area is 209 Å². The second-order valence-corrected chi connectivity index (χ2v) is 9.22. The number of nitrogens with one attached hydrogen (secondary N) is 2. The summed E-state index contributed by atoms with van der Waals surface area (Å²) in [6, 6.07) is 16.2. The molecule has 3 aromatic carbocycles. The Morgan fingerprint density at radius 1 is 0.972 bits per heavy atom. The van der Waals surface area contributed by atoms with Gasteiger partial charge in [-0.05, 0) is 73.4 Å². The van der Waals surface area contributed by atoms with Crippen molar-refractivity contribution in [1.29, 1.82) is 0 Å². The number of carbonyl (C=O) groups is 1. The highest BCUT2D eigenvalue weighted by Crippen LogP contribution is 2.32. The van der Waals surface area contributed by atoms with E-state index in [2.05, 4.69) is 15.5 Å². The SMILES string of the molecule is Cc1ccc(F)c(CNC2CCN(c3ccc(C(=O)NCc4ccc5c(c4)OCO5)cc3)CC2)c1F. The zero-order valence-corrected chi connectivity index (χ0v) is 20.2. The van der Waals surface area contributed by atoms with Gasteiger partial charge in [-0.25, -0.2) is 8.78 Å². The number of ether oxygens (including phenoxy) is 2. The zero-order chi connectivity index (χ0) is 25.1. The summed E-state index contributed by atoms with van der Waals surface area (Å²) >= 11 is 0. The average molecular weight is 494 g/mol. The molecule has 0 radical (unpaired) electrons. The summed E-state index contributed by atoms with van der Waals surface area (Å²) < 4.78 is 39.0. The number of hydrogen-bond acceptors (Lipinski definition) is 5. The second-order valence-electron chi connectivity index (χ2n) is 9.22. The molecular weight excluding hydrogens is 464 g/mol. The van der Waals surface area contributed by atoms with E-state index in [1.54, 1.807) is 6.92 Å². The van der Waals surface area contributed by atoms with Crippen LogP contribution in [0.2, 0.25) is 0 Å². The third-order valence-corrected chi connectivity index (χ3v) is 6.83. The lowest BCUT2D eigenvalue weighted by Crippen LogP contribution is -2.42. The molecule has 2 N–H and O–H groups in total. The molecule has 3 aromatic rings. The minimum Gasteiger partial charge on any atom is -0.454 e. The topological polar surface area (TPSA) is 62.8 Å². The maximum Gasteiger partial charge on any atom is 0.251 e. The lowest BCUT2D eigenvalue weighted by Gasteiger charge is -2.34. The standard InChI is InChI=1S/C28H29F2N3O3/c1-18-2-8-24(29)23(27(18)30)16-31-21-10-12-33(13-11-21)22-6-4-20(5-7-22)28(34)32-15-19-3-9-25-26(14-19)36-17-35-25/h2-9,14,21,31H,10-13,15-17H2,1H3,(H,32,34). The maximum atomic E-state index is 14.2. The number of anilines is 1. The van der Waals surface area contributed by atoms with Crippen LogP contribution in [0.3, 0.4) is 0 Å². The van der Waals surface area contributed by atoms with Crippen molar-refractivity contribution in [3.05, 3.63) is 88.5 Å². The molecule has 2 aliphatic rings. The van der Waals surface area contributed by atoms with Gasteiger partial charge in [0.05, 0.1) is 0 Å². The normalized spacial score (nSPS) is 15.2. The van der Waals surface area contributed by atoms with E-state index >= 15 is 0 Å². The van der Waals surface area contributed by atoms with Crippen molar-refractivity contribution in [3.63, 3.8) is 0 Å². The largest absolute Gasteiger partial charge is 0.454 e. The van der Waals surface area contributed by atoms with Crippen molar-refractivity contribution in [1.82, 2.24) is 10.6 Å². The molecule has 8 heteroatoms. The van der Waals surface area contributed by atoms with Crippen LogP contribution < -0.4 is 25.0 Å². The molecule has 36 heavy (non-hydrogen) atoms. The summed E-state index contributed by atoms with van der Waals surface area (Å²) in [4.78, 5) is 14.9. The zero-order valence-electron chi connectivity index (χ0n) is 20.2. The number of amides is 1. The van der Waals surface area contributed by atoms with Crippen molar-refractivity contribution in [2.24, 2.45) is 0 Å². The van der Waals surface area contributed by atoms with Crippen LogP contribution in [-0.2, 0) is 13.1 Å². The van der Waals surface area contributed by atoms with Crippen LogP contribution in [0.1, 0.15) is 39.9 Å². The van der Waals surface area contributed by atoms with Crippen LogP contribution in [0.4, 0.5) is 14.5 Å².